The quantitative estimate of drug-likeness (QED) is 0.939. The molecule has 0 aliphatic carbocycles. The average Bonchev–Trinajstić information content (AvgIpc) is 2.92. The van der Waals surface area contributed by atoms with Crippen LogP contribution in [0.3, 0.4) is 0 Å². The van der Waals surface area contributed by atoms with Gasteiger partial charge in [0.05, 0.1) is 11.6 Å². The molecular weight excluding hydrogens is 302 g/mol. The van der Waals surface area contributed by atoms with E-state index >= 15 is 0 Å². The highest BCUT2D eigenvalue weighted by Crippen LogP contribution is 2.16. The van der Waals surface area contributed by atoms with Crippen molar-refractivity contribution in [3.05, 3.63) is 47.7 Å². The summed E-state index contributed by atoms with van der Waals surface area (Å²) in [6, 6.07) is 12.6. The first kappa shape index (κ1) is 15.9. The van der Waals surface area contributed by atoms with Crippen LogP contribution >= 0.6 is 0 Å². The van der Waals surface area contributed by atoms with Crippen LogP contribution in [0, 0.1) is 11.3 Å². The third kappa shape index (κ3) is 3.87. The Kier molecular flexibility index (Phi) is 5.02. The number of hydrogen-bond acceptors (Lipinski definition) is 5. The number of nitriles is 1. The van der Waals surface area contributed by atoms with Gasteiger partial charge in [-0.1, -0.05) is 12.8 Å². The van der Waals surface area contributed by atoms with Crippen LogP contribution in [-0.4, -0.2) is 34.1 Å². The second-order valence-electron chi connectivity index (χ2n) is 5.82. The van der Waals surface area contributed by atoms with Gasteiger partial charge in [0.15, 0.2) is 11.5 Å². The molecule has 0 saturated carbocycles. The summed E-state index contributed by atoms with van der Waals surface area (Å²) in [6.45, 7) is 1.59. The lowest BCUT2D eigenvalue weighted by atomic mass is 10.2. The smallest absolute Gasteiger partial charge is 0.274 e. The number of likely N-dealkylation sites (tertiary alicyclic amines) is 1. The number of carbonyl (C=O) groups excluding carboxylic acids is 1. The molecular formula is C18H19N5O. The van der Waals surface area contributed by atoms with Crippen molar-refractivity contribution in [2.24, 2.45) is 0 Å². The van der Waals surface area contributed by atoms with E-state index in [1.807, 2.05) is 4.90 Å². The van der Waals surface area contributed by atoms with Crippen LogP contribution < -0.4 is 5.32 Å². The fourth-order valence-electron chi connectivity index (χ4n) is 2.72. The van der Waals surface area contributed by atoms with Crippen molar-refractivity contribution in [2.45, 2.75) is 25.7 Å². The van der Waals surface area contributed by atoms with Gasteiger partial charge < -0.3 is 10.2 Å². The standard InChI is InChI=1S/C18H19N5O/c19-13-14-5-7-15(8-6-14)20-17-10-9-16(21-22-17)18(24)23-11-3-1-2-4-12-23/h5-10H,1-4,11-12H2,(H,20,22). The van der Waals surface area contributed by atoms with E-state index in [4.69, 9.17) is 5.26 Å². The number of anilines is 2. The van der Waals surface area contributed by atoms with E-state index in [0.717, 1.165) is 31.6 Å². The highest BCUT2D eigenvalue weighted by atomic mass is 16.2. The molecule has 3 rings (SSSR count). The zero-order valence-electron chi connectivity index (χ0n) is 13.4. The summed E-state index contributed by atoms with van der Waals surface area (Å²) in [5.41, 5.74) is 1.79. The van der Waals surface area contributed by atoms with Crippen LogP contribution in [0.15, 0.2) is 36.4 Å². The predicted octanol–water partition coefficient (Wildman–Crippen LogP) is 3.11. The molecule has 1 aromatic carbocycles. The lowest BCUT2D eigenvalue weighted by Gasteiger charge is -2.19. The molecule has 1 saturated heterocycles. The van der Waals surface area contributed by atoms with Crippen LogP contribution in [0.2, 0.25) is 0 Å². The summed E-state index contributed by atoms with van der Waals surface area (Å²) in [7, 11) is 0. The fourth-order valence-corrected chi connectivity index (χ4v) is 2.72. The monoisotopic (exact) mass is 321 g/mol. The fraction of sp³-hybridized carbons (Fsp3) is 0.333. The summed E-state index contributed by atoms with van der Waals surface area (Å²) < 4.78 is 0. The number of rotatable bonds is 3. The van der Waals surface area contributed by atoms with Crippen LogP contribution in [0.4, 0.5) is 11.5 Å². The van der Waals surface area contributed by atoms with Crippen molar-refractivity contribution < 1.29 is 4.79 Å². The van der Waals surface area contributed by atoms with Crippen LogP contribution in [0.5, 0.6) is 0 Å². The highest BCUT2D eigenvalue weighted by molar-refractivity contribution is 5.92. The molecule has 6 heteroatoms. The van der Waals surface area contributed by atoms with Crippen LogP contribution in [-0.2, 0) is 0 Å². The Labute approximate surface area is 141 Å². The van der Waals surface area contributed by atoms with Crippen molar-refractivity contribution in [2.75, 3.05) is 18.4 Å². The predicted molar refractivity (Wildman–Crippen MR) is 90.8 cm³/mol. The Morgan fingerprint density at radius 2 is 1.71 bits per heavy atom. The topological polar surface area (TPSA) is 81.9 Å². The molecule has 0 bridgehead atoms. The van der Waals surface area contributed by atoms with Crippen molar-refractivity contribution >= 4 is 17.4 Å². The molecule has 1 aliphatic heterocycles. The second kappa shape index (κ2) is 7.55. The molecule has 1 fully saturated rings. The summed E-state index contributed by atoms with van der Waals surface area (Å²) >= 11 is 0. The summed E-state index contributed by atoms with van der Waals surface area (Å²) in [5.74, 6) is 0.515. The Morgan fingerprint density at radius 1 is 1.00 bits per heavy atom. The first-order valence-corrected chi connectivity index (χ1v) is 8.16. The van der Waals surface area contributed by atoms with E-state index in [9.17, 15) is 4.79 Å². The third-order valence-electron chi connectivity index (χ3n) is 4.06. The average molecular weight is 321 g/mol. The van der Waals surface area contributed by atoms with E-state index < -0.39 is 0 Å². The van der Waals surface area contributed by atoms with Crippen molar-refractivity contribution in [3.63, 3.8) is 0 Å². The first-order chi connectivity index (χ1) is 11.8. The van der Waals surface area contributed by atoms with Gasteiger partial charge in [0, 0.05) is 18.8 Å². The molecule has 2 aromatic rings. The van der Waals surface area contributed by atoms with E-state index in [2.05, 4.69) is 21.6 Å². The maximum Gasteiger partial charge on any atom is 0.274 e. The number of carbonyl (C=O) groups is 1. The van der Waals surface area contributed by atoms with Gasteiger partial charge in [-0.2, -0.15) is 5.26 Å². The zero-order valence-corrected chi connectivity index (χ0v) is 13.4. The molecule has 24 heavy (non-hydrogen) atoms. The Bertz CT molecular complexity index is 725. The molecule has 0 radical (unpaired) electrons. The van der Waals surface area contributed by atoms with E-state index in [1.54, 1.807) is 36.4 Å². The molecule has 1 N–H and O–H groups in total. The lowest BCUT2D eigenvalue weighted by Crippen LogP contribution is -2.32. The minimum atomic E-state index is -0.0469. The molecule has 0 atom stereocenters. The highest BCUT2D eigenvalue weighted by Gasteiger charge is 2.18. The summed E-state index contributed by atoms with van der Waals surface area (Å²) in [6.07, 6.45) is 4.47. The first-order valence-electron chi connectivity index (χ1n) is 8.16. The maximum absolute atomic E-state index is 12.5. The number of aromatic nitrogens is 2. The van der Waals surface area contributed by atoms with Gasteiger partial charge >= 0.3 is 0 Å². The molecule has 1 aliphatic rings. The normalized spacial score (nSPS) is 14.5. The van der Waals surface area contributed by atoms with Gasteiger partial charge in [-0.3, -0.25) is 4.79 Å². The SMILES string of the molecule is N#Cc1ccc(Nc2ccc(C(=O)N3CCCCCC3)nn2)cc1. The number of amides is 1. The van der Waals surface area contributed by atoms with Gasteiger partial charge in [-0.15, -0.1) is 10.2 Å². The van der Waals surface area contributed by atoms with Crippen LogP contribution in [0.25, 0.3) is 0 Å². The molecule has 1 aromatic heterocycles. The Morgan fingerprint density at radius 3 is 2.29 bits per heavy atom. The lowest BCUT2D eigenvalue weighted by molar-refractivity contribution is 0.0754. The Hall–Kier alpha value is -2.94. The molecule has 0 spiro atoms. The van der Waals surface area contributed by atoms with Crippen molar-refractivity contribution in [1.29, 1.82) is 5.26 Å². The minimum absolute atomic E-state index is 0.0469. The van der Waals surface area contributed by atoms with Gasteiger partial charge in [0.2, 0.25) is 0 Å². The number of benzene rings is 1. The van der Waals surface area contributed by atoms with Gasteiger partial charge in [-0.25, -0.2) is 0 Å². The third-order valence-corrected chi connectivity index (χ3v) is 4.06. The van der Waals surface area contributed by atoms with Gasteiger partial charge in [0.25, 0.3) is 5.91 Å². The molecule has 122 valence electrons. The minimum Gasteiger partial charge on any atom is -0.339 e. The summed E-state index contributed by atoms with van der Waals surface area (Å²) in [5, 5.41) is 20.0. The van der Waals surface area contributed by atoms with E-state index in [0.29, 0.717) is 17.1 Å². The van der Waals surface area contributed by atoms with E-state index in [-0.39, 0.29) is 5.91 Å². The maximum atomic E-state index is 12.5. The number of hydrogen-bond donors (Lipinski definition) is 1. The van der Waals surface area contributed by atoms with Gasteiger partial charge in [0.1, 0.15) is 0 Å². The largest absolute Gasteiger partial charge is 0.339 e. The molecule has 2 heterocycles. The second-order valence-corrected chi connectivity index (χ2v) is 5.82. The number of nitrogens with zero attached hydrogens (tertiary/aromatic N) is 4. The zero-order chi connectivity index (χ0) is 16.8. The molecule has 6 nitrogen and oxygen atoms in total. The van der Waals surface area contributed by atoms with E-state index in [1.165, 1.54) is 12.8 Å². The Balaban J connectivity index is 1.66. The van der Waals surface area contributed by atoms with Gasteiger partial charge in [-0.05, 0) is 49.2 Å². The van der Waals surface area contributed by atoms with Crippen molar-refractivity contribution in [3.8, 4) is 6.07 Å². The van der Waals surface area contributed by atoms with Crippen LogP contribution in [0.1, 0.15) is 41.7 Å². The number of nitrogens with one attached hydrogen (secondary N) is 1. The molecule has 0 unspecified atom stereocenters. The van der Waals surface area contributed by atoms with Crippen molar-refractivity contribution in [1.82, 2.24) is 15.1 Å². The summed E-state index contributed by atoms with van der Waals surface area (Å²) in [4.78, 5) is 14.3. The molecule has 1 amide bonds.